The van der Waals surface area contributed by atoms with Gasteiger partial charge in [0, 0.05) is 37.9 Å². The Kier molecular flexibility index (Phi) is 5.03. The fourth-order valence-electron chi connectivity index (χ4n) is 1.84. The van der Waals surface area contributed by atoms with Gasteiger partial charge in [-0.3, -0.25) is 0 Å². The number of hydrogen-bond donors (Lipinski definition) is 0. The highest BCUT2D eigenvalue weighted by molar-refractivity contribution is 6.37. The molecule has 0 aliphatic heterocycles. The standard InChI is InChI=1S/C12H18BFN4O2/c1-3-7-17-9-5-15-11(17)19-13(14)20-12-16-6-10-18(12)8-4-2/h5-6,9-10H,3-4,7-8H2,1-2H3. The van der Waals surface area contributed by atoms with E-state index in [1.165, 1.54) is 0 Å². The summed E-state index contributed by atoms with van der Waals surface area (Å²) in [5.74, 6) is 0. The quantitative estimate of drug-likeness (QED) is 0.696. The van der Waals surface area contributed by atoms with E-state index in [2.05, 4.69) is 9.97 Å². The largest absolute Gasteiger partial charge is 0.834 e. The lowest BCUT2D eigenvalue weighted by atomic mass is 10.3. The van der Waals surface area contributed by atoms with E-state index in [9.17, 15) is 4.32 Å². The zero-order valence-electron chi connectivity index (χ0n) is 11.7. The Morgan fingerprint density at radius 2 is 1.45 bits per heavy atom. The number of aryl methyl sites for hydroxylation is 2. The molecular weight excluding hydrogens is 262 g/mol. The molecule has 0 N–H and O–H groups in total. The van der Waals surface area contributed by atoms with Crippen molar-refractivity contribution in [1.82, 2.24) is 19.1 Å². The van der Waals surface area contributed by atoms with Crippen molar-refractivity contribution in [3.8, 4) is 12.0 Å². The summed E-state index contributed by atoms with van der Waals surface area (Å²) in [6, 6.07) is 0.404. The molecule has 0 aliphatic rings. The highest BCUT2D eigenvalue weighted by atomic mass is 19.1. The van der Waals surface area contributed by atoms with Crippen LogP contribution in [0.2, 0.25) is 0 Å². The average Bonchev–Trinajstić information content (AvgIpc) is 3.02. The molecule has 0 spiro atoms. The number of rotatable bonds is 8. The third-order valence-corrected chi connectivity index (χ3v) is 2.68. The molecule has 108 valence electrons. The van der Waals surface area contributed by atoms with E-state index in [0.717, 1.165) is 12.8 Å². The van der Waals surface area contributed by atoms with Gasteiger partial charge in [-0.25, -0.2) is 14.3 Å². The molecule has 2 aromatic rings. The number of nitrogens with zero attached hydrogens (tertiary/aromatic N) is 4. The Balaban J connectivity index is 1.96. The van der Waals surface area contributed by atoms with E-state index in [0.29, 0.717) is 13.1 Å². The lowest BCUT2D eigenvalue weighted by Gasteiger charge is -2.11. The van der Waals surface area contributed by atoms with Crippen molar-refractivity contribution in [1.29, 1.82) is 0 Å². The molecule has 0 radical (unpaired) electrons. The number of halogens is 1. The van der Waals surface area contributed by atoms with Gasteiger partial charge in [0.2, 0.25) is 0 Å². The van der Waals surface area contributed by atoms with Gasteiger partial charge in [0.25, 0.3) is 12.0 Å². The van der Waals surface area contributed by atoms with Crippen LogP contribution in [-0.4, -0.2) is 26.5 Å². The molecule has 0 aliphatic carbocycles. The predicted octanol–water partition coefficient (Wildman–Crippen LogP) is 2.31. The third kappa shape index (κ3) is 3.52. The molecule has 2 aromatic heterocycles. The Hall–Kier alpha value is -1.99. The Bertz CT molecular complexity index is 485. The summed E-state index contributed by atoms with van der Waals surface area (Å²) in [5.41, 5.74) is 0. The summed E-state index contributed by atoms with van der Waals surface area (Å²) in [5, 5.41) is 0. The fraction of sp³-hybridized carbons (Fsp3) is 0.500. The van der Waals surface area contributed by atoms with Gasteiger partial charge in [0.1, 0.15) is 0 Å². The summed E-state index contributed by atoms with van der Waals surface area (Å²) in [6.07, 6.45) is 8.43. The maximum Gasteiger partial charge on any atom is 0.834 e. The normalized spacial score (nSPS) is 10.6. The Labute approximate surface area is 117 Å². The smallest absolute Gasteiger partial charge is 0.469 e. The molecule has 0 unspecified atom stereocenters. The zero-order valence-corrected chi connectivity index (χ0v) is 11.7. The van der Waals surface area contributed by atoms with Gasteiger partial charge < -0.3 is 18.4 Å². The van der Waals surface area contributed by atoms with Crippen LogP contribution in [0.3, 0.4) is 0 Å². The van der Waals surface area contributed by atoms with Gasteiger partial charge in [-0.15, -0.1) is 0 Å². The van der Waals surface area contributed by atoms with Crippen molar-refractivity contribution in [3.63, 3.8) is 0 Å². The van der Waals surface area contributed by atoms with Crippen molar-refractivity contribution in [2.45, 2.75) is 39.8 Å². The van der Waals surface area contributed by atoms with Gasteiger partial charge >= 0.3 is 7.40 Å². The molecule has 0 atom stereocenters. The van der Waals surface area contributed by atoms with E-state index < -0.39 is 7.40 Å². The first-order chi connectivity index (χ1) is 9.74. The van der Waals surface area contributed by atoms with Gasteiger partial charge in [0.05, 0.1) is 0 Å². The Morgan fingerprint density at radius 3 is 1.85 bits per heavy atom. The minimum atomic E-state index is -1.94. The number of hydrogen-bond acceptors (Lipinski definition) is 4. The summed E-state index contributed by atoms with van der Waals surface area (Å²) in [6.45, 7) is 5.47. The minimum absolute atomic E-state index is 0.202. The first-order valence-electron chi connectivity index (χ1n) is 6.74. The third-order valence-electron chi connectivity index (χ3n) is 2.68. The molecule has 8 heteroatoms. The second-order valence-electron chi connectivity index (χ2n) is 4.32. The van der Waals surface area contributed by atoms with Crippen LogP contribution >= 0.6 is 0 Å². The van der Waals surface area contributed by atoms with Crippen LogP contribution in [0, 0.1) is 0 Å². The van der Waals surface area contributed by atoms with Crippen LogP contribution in [0.1, 0.15) is 26.7 Å². The number of imidazole rings is 2. The second kappa shape index (κ2) is 6.97. The van der Waals surface area contributed by atoms with Gasteiger partial charge in [-0.1, -0.05) is 13.8 Å². The topological polar surface area (TPSA) is 54.1 Å². The highest BCUT2D eigenvalue weighted by Gasteiger charge is 2.28. The van der Waals surface area contributed by atoms with Gasteiger partial charge in [-0.2, -0.15) is 0 Å². The SMILES string of the molecule is CCCn1ccnc1OB(F)Oc1nccn1CCC. The van der Waals surface area contributed by atoms with E-state index in [1.54, 1.807) is 33.9 Å². The van der Waals surface area contributed by atoms with Crippen LogP contribution in [0.5, 0.6) is 12.0 Å². The van der Waals surface area contributed by atoms with Gasteiger partial charge in [0.15, 0.2) is 0 Å². The summed E-state index contributed by atoms with van der Waals surface area (Å²) >= 11 is 0. The van der Waals surface area contributed by atoms with Crippen molar-refractivity contribution in [3.05, 3.63) is 24.8 Å². The van der Waals surface area contributed by atoms with Crippen LogP contribution in [0.15, 0.2) is 24.8 Å². The molecule has 0 bridgehead atoms. The molecule has 0 amide bonds. The second-order valence-corrected chi connectivity index (χ2v) is 4.32. The molecule has 20 heavy (non-hydrogen) atoms. The minimum Gasteiger partial charge on any atom is -0.469 e. The maximum atomic E-state index is 13.8. The summed E-state index contributed by atoms with van der Waals surface area (Å²) in [7, 11) is -1.94. The molecule has 2 rings (SSSR count). The van der Waals surface area contributed by atoms with Crippen molar-refractivity contribution in [2.75, 3.05) is 0 Å². The maximum absolute atomic E-state index is 13.8. The van der Waals surface area contributed by atoms with Crippen molar-refractivity contribution < 1.29 is 13.6 Å². The average molecular weight is 280 g/mol. The fourth-order valence-corrected chi connectivity index (χ4v) is 1.84. The van der Waals surface area contributed by atoms with E-state index in [1.807, 2.05) is 13.8 Å². The van der Waals surface area contributed by atoms with Gasteiger partial charge in [-0.05, 0) is 12.8 Å². The van der Waals surface area contributed by atoms with Crippen LogP contribution in [-0.2, 0) is 13.1 Å². The number of aromatic nitrogens is 4. The lowest BCUT2D eigenvalue weighted by Crippen LogP contribution is -2.27. The summed E-state index contributed by atoms with van der Waals surface area (Å²) in [4.78, 5) is 7.91. The predicted molar refractivity (Wildman–Crippen MR) is 73.2 cm³/mol. The molecule has 0 fully saturated rings. The van der Waals surface area contributed by atoms with Crippen LogP contribution in [0.4, 0.5) is 4.32 Å². The lowest BCUT2D eigenvalue weighted by molar-refractivity contribution is 0.312. The van der Waals surface area contributed by atoms with E-state index >= 15 is 0 Å². The van der Waals surface area contributed by atoms with Crippen LogP contribution < -0.4 is 9.31 Å². The molecule has 0 saturated carbocycles. The monoisotopic (exact) mass is 280 g/mol. The summed E-state index contributed by atoms with van der Waals surface area (Å²) < 4.78 is 27.4. The van der Waals surface area contributed by atoms with E-state index in [-0.39, 0.29) is 12.0 Å². The first kappa shape index (κ1) is 14.4. The highest BCUT2D eigenvalue weighted by Crippen LogP contribution is 2.13. The van der Waals surface area contributed by atoms with Crippen molar-refractivity contribution in [2.24, 2.45) is 0 Å². The molecule has 2 heterocycles. The van der Waals surface area contributed by atoms with E-state index in [4.69, 9.17) is 9.31 Å². The Morgan fingerprint density at radius 1 is 1.00 bits per heavy atom. The molecule has 0 saturated heterocycles. The first-order valence-corrected chi connectivity index (χ1v) is 6.74. The van der Waals surface area contributed by atoms with Crippen molar-refractivity contribution >= 4 is 7.40 Å². The zero-order chi connectivity index (χ0) is 14.4. The molecular formula is C12H18BFN4O2. The molecule has 6 nitrogen and oxygen atoms in total. The molecule has 0 aromatic carbocycles. The van der Waals surface area contributed by atoms with Crippen LogP contribution in [0.25, 0.3) is 0 Å².